The number of methoxy groups -OCH3 is 1. The molecule has 1 N–H and O–H groups in total. The SMILES string of the molecule is COc1ccc(S(=O)(=O)N(CC(=O)N/N=C/c2ccc(Br)cc2)c2ccc(C)cc2)cc1Br. The van der Waals surface area contributed by atoms with Crippen molar-refractivity contribution >= 4 is 59.7 Å². The van der Waals surface area contributed by atoms with Crippen LogP contribution in [-0.4, -0.2) is 34.2 Å². The van der Waals surface area contributed by atoms with Gasteiger partial charge in [-0.3, -0.25) is 9.10 Å². The van der Waals surface area contributed by atoms with Crippen LogP contribution < -0.4 is 14.5 Å². The second-order valence-corrected chi connectivity index (χ2v) is 10.6. The molecule has 0 saturated carbocycles. The molecule has 0 unspecified atom stereocenters. The Balaban J connectivity index is 1.86. The maximum absolute atomic E-state index is 13.5. The van der Waals surface area contributed by atoms with Crippen LogP contribution in [0.1, 0.15) is 11.1 Å². The van der Waals surface area contributed by atoms with Crippen LogP contribution in [0, 0.1) is 6.92 Å². The molecule has 0 atom stereocenters. The van der Waals surface area contributed by atoms with Crippen molar-refractivity contribution in [3.63, 3.8) is 0 Å². The molecule has 172 valence electrons. The molecule has 0 aliphatic heterocycles. The first kappa shape index (κ1) is 24.9. The lowest BCUT2D eigenvalue weighted by atomic mass is 10.2. The summed E-state index contributed by atoms with van der Waals surface area (Å²) in [5.41, 5.74) is 4.50. The normalized spacial score (nSPS) is 11.4. The highest BCUT2D eigenvalue weighted by Gasteiger charge is 2.28. The number of aryl methyl sites for hydroxylation is 1. The van der Waals surface area contributed by atoms with Crippen LogP contribution in [0.5, 0.6) is 5.75 Å². The predicted octanol–water partition coefficient (Wildman–Crippen LogP) is 4.87. The minimum atomic E-state index is -4.06. The number of benzene rings is 3. The second kappa shape index (κ2) is 11.0. The van der Waals surface area contributed by atoms with Gasteiger partial charge >= 0.3 is 0 Å². The Bertz CT molecular complexity index is 1260. The molecule has 0 radical (unpaired) electrons. The van der Waals surface area contributed by atoms with Crippen molar-refractivity contribution in [1.29, 1.82) is 0 Å². The average molecular weight is 595 g/mol. The zero-order valence-electron chi connectivity index (χ0n) is 17.8. The second-order valence-electron chi connectivity index (χ2n) is 6.99. The highest BCUT2D eigenvalue weighted by atomic mass is 79.9. The Kier molecular flexibility index (Phi) is 8.28. The van der Waals surface area contributed by atoms with Crippen LogP contribution >= 0.6 is 31.9 Å². The number of ether oxygens (including phenoxy) is 1. The highest BCUT2D eigenvalue weighted by molar-refractivity contribution is 9.10. The lowest BCUT2D eigenvalue weighted by Gasteiger charge is -2.24. The Morgan fingerprint density at radius 1 is 1.06 bits per heavy atom. The molecule has 7 nitrogen and oxygen atoms in total. The van der Waals surface area contributed by atoms with Crippen molar-refractivity contribution in [1.82, 2.24) is 5.43 Å². The third kappa shape index (κ3) is 6.43. The number of carbonyl (C=O) groups is 1. The largest absolute Gasteiger partial charge is 0.496 e. The van der Waals surface area contributed by atoms with E-state index in [9.17, 15) is 13.2 Å². The van der Waals surface area contributed by atoms with Gasteiger partial charge in [-0.1, -0.05) is 45.8 Å². The van der Waals surface area contributed by atoms with Gasteiger partial charge in [-0.05, 0) is 70.9 Å². The summed E-state index contributed by atoms with van der Waals surface area (Å²) in [5.74, 6) is -0.0871. The van der Waals surface area contributed by atoms with Crippen LogP contribution in [0.25, 0.3) is 0 Å². The van der Waals surface area contributed by atoms with Crippen LogP contribution in [0.2, 0.25) is 0 Å². The van der Waals surface area contributed by atoms with E-state index in [1.807, 2.05) is 31.2 Å². The number of rotatable bonds is 8. The van der Waals surface area contributed by atoms with E-state index < -0.39 is 22.5 Å². The van der Waals surface area contributed by atoms with Gasteiger partial charge in [-0.25, -0.2) is 13.8 Å². The van der Waals surface area contributed by atoms with Crippen LogP contribution in [0.15, 0.2) is 85.7 Å². The van der Waals surface area contributed by atoms with Crippen molar-refractivity contribution in [3.8, 4) is 5.75 Å². The lowest BCUT2D eigenvalue weighted by molar-refractivity contribution is -0.119. The summed E-state index contributed by atoms with van der Waals surface area (Å²) in [4.78, 5) is 12.6. The molecule has 3 aromatic carbocycles. The summed E-state index contributed by atoms with van der Waals surface area (Å²) in [6, 6.07) is 18.7. The zero-order valence-corrected chi connectivity index (χ0v) is 21.8. The number of amides is 1. The molecule has 10 heteroatoms. The number of carbonyl (C=O) groups excluding carboxylic acids is 1. The van der Waals surface area contributed by atoms with E-state index in [1.165, 1.54) is 25.5 Å². The summed E-state index contributed by atoms with van der Waals surface area (Å²) in [5, 5.41) is 3.94. The van der Waals surface area contributed by atoms with Crippen molar-refractivity contribution in [2.24, 2.45) is 5.10 Å². The Morgan fingerprint density at radius 2 is 1.73 bits per heavy atom. The molecule has 0 fully saturated rings. The summed E-state index contributed by atoms with van der Waals surface area (Å²) in [7, 11) is -2.57. The Hall–Kier alpha value is -2.69. The fourth-order valence-electron chi connectivity index (χ4n) is 2.85. The summed E-state index contributed by atoms with van der Waals surface area (Å²) >= 11 is 6.67. The quantitative estimate of drug-likeness (QED) is 0.298. The molecule has 0 heterocycles. The Labute approximate surface area is 209 Å². The molecule has 0 bridgehead atoms. The van der Waals surface area contributed by atoms with Crippen LogP contribution in [0.4, 0.5) is 5.69 Å². The van der Waals surface area contributed by atoms with Crippen LogP contribution in [-0.2, 0) is 14.8 Å². The van der Waals surface area contributed by atoms with Crippen molar-refractivity contribution in [3.05, 3.63) is 86.8 Å². The van der Waals surface area contributed by atoms with Gasteiger partial charge in [0, 0.05) is 4.47 Å². The fourth-order valence-corrected chi connectivity index (χ4v) is 5.26. The van der Waals surface area contributed by atoms with Crippen molar-refractivity contribution in [2.75, 3.05) is 18.0 Å². The van der Waals surface area contributed by atoms with Crippen molar-refractivity contribution < 1.29 is 17.9 Å². The van der Waals surface area contributed by atoms with Crippen LogP contribution in [0.3, 0.4) is 0 Å². The predicted molar refractivity (Wildman–Crippen MR) is 136 cm³/mol. The molecule has 1 amide bonds. The van der Waals surface area contributed by atoms with E-state index in [2.05, 4.69) is 42.4 Å². The molecule has 3 rings (SSSR count). The van der Waals surface area contributed by atoms with E-state index in [1.54, 1.807) is 30.3 Å². The number of halogens is 2. The molecular formula is C23H21Br2N3O4S. The standard InChI is InChI=1S/C23H21Br2N3O4S/c1-16-3-9-19(10-4-16)28(33(30,31)20-11-12-22(32-2)21(25)13-20)15-23(29)27-26-14-17-5-7-18(24)8-6-17/h3-14H,15H2,1-2H3,(H,27,29)/b26-14+. The maximum atomic E-state index is 13.5. The minimum absolute atomic E-state index is 0.0157. The molecule has 0 saturated heterocycles. The van der Waals surface area contributed by atoms with Crippen molar-refractivity contribution in [2.45, 2.75) is 11.8 Å². The minimum Gasteiger partial charge on any atom is -0.496 e. The number of sulfonamides is 1. The zero-order chi connectivity index (χ0) is 24.0. The van der Waals surface area contributed by atoms with Gasteiger partial charge < -0.3 is 4.74 Å². The fraction of sp³-hybridized carbons (Fsp3) is 0.130. The molecule has 3 aromatic rings. The lowest BCUT2D eigenvalue weighted by Crippen LogP contribution is -2.39. The van der Waals surface area contributed by atoms with E-state index >= 15 is 0 Å². The smallest absolute Gasteiger partial charge is 0.264 e. The van der Waals surface area contributed by atoms with Gasteiger partial charge in [0.25, 0.3) is 15.9 Å². The first-order valence-corrected chi connectivity index (χ1v) is 12.7. The highest BCUT2D eigenvalue weighted by Crippen LogP contribution is 2.30. The molecule has 0 aromatic heterocycles. The summed E-state index contributed by atoms with van der Waals surface area (Å²) in [6.45, 7) is 1.44. The number of hydrogen-bond donors (Lipinski definition) is 1. The summed E-state index contributed by atoms with van der Waals surface area (Å²) < 4.78 is 34.6. The monoisotopic (exact) mass is 593 g/mol. The molecule has 0 aliphatic rings. The van der Waals surface area contributed by atoms with Gasteiger partial charge in [0.15, 0.2) is 0 Å². The third-order valence-electron chi connectivity index (χ3n) is 4.59. The number of hydrogen-bond acceptors (Lipinski definition) is 5. The Morgan fingerprint density at radius 3 is 2.33 bits per heavy atom. The molecule has 0 spiro atoms. The average Bonchev–Trinajstić information content (AvgIpc) is 2.79. The van der Waals surface area contributed by atoms with E-state index in [0.29, 0.717) is 15.9 Å². The van der Waals surface area contributed by atoms with Gasteiger partial charge in [0.2, 0.25) is 0 Å². The maximum Gasteiger partial charge on any atom is 0.264 e. The number of nitrogens with one attached hydrogen (secondary N) is 1. The number of anilines is 1. The molecular weight excluding hydrogens is 574 g/mol. The number of nitrogens with zero attached hydrogens (tertiary/aromatic N) is 2. The van der Waals surface area contributed by atoms with Gasteiger partial charge in [0.1, 0.15) is 12.3 Å². The first-order chi connectivity index (χ1) is 15.7. The third-order valence-corrected chi connectivity index (χ3v) is 7.51. The van der Waals surface area contributed by atoms with Gasteiger partial charge in [0.05, 0.1) is 28.4 Å². The van der Waals surface area contributed by atoms with Gasteiger partial charge in [-0.2, -0.15) is 5.10 Å². The molecule has 33 heavy (non-hydrogen) atoms. The topological polar surface area (TPSA) is 88.1 Å². The van der Waals surface area contributed by atoms with E-state index in [4.69, 9.17) is 4.74 Å². The van der Waals surface area contributed by atoms with Gasteiger partial charge in [-0.15, -0.1) is 0 Å². The summed E-state index contributed by atoms with van der Waals surface area (Å²) in [6.07, 6.45) is 1.48. The molecule has 0 aliphatic carbocycles. The van der Waals surface area contributed by atoms with E-state index in [0.717, 1.165) is 19.9 Å². The number of hydrazone groups is 1. The first-order valence-electron chi connectivity index (χ1n) is 9.71. The van der Waals surface area contributed by atoms with E-state index in [-0.39, 0.29) is 4.90 Å².